The molecule has 1 aliphatic rings. The molecule has 0 aromatic heterocycles. The van der Waals surface area contributed by atoms with Crippen LogP contribution in [0.2, 0.25) is 0 Å². The number of alkyl halides is 3. The van der Waals surface area contributed by atoms with Gasteiger partial charge in [-0.25, -0.2) is 5.01 Å². The first-order chi connectivity index (χ1) is 19.1. The number of nitrogens with zero attached hydrogens (tertiary/aromatic N) is 2. The van der Waals surface area contributed by atoms with Crippen LogP contribution in [0.4, 0.5) is 18.9 Å². The number of halogens is 3. The van der Waals surface area contributed by atoms with Crippen LogP contribution in [0.15, 0.2) is 72.8 Å². The fourth-order valence-electron chi connectivity index (χ4n) is 4.92. The molecule has 4 rings (SSSR count). The first-order valence-corrected chi connectivity index (χ1v) is 13.5. The van der Waals surface area contributed by atoms with Gasteiger partial charge in [0.05, 0.1) is 11.3 Å². The Hall–Kier alpha value is -3.85. The largest absolute Gasteiger partial charge is 0.457 e. The minimum Gasteiger partial charge on any atom is -0.457 e. The highest BCUT2D eigenvalue weighted by atomic mass is 19.4. The molecule has 2 amide bonds. The average molecular weight is 554 g/mol. The van der Waals surface area contributed by atoms with Gasteiger partial charge >= 0.3 is 6.18 Å². The van der Waals surface area contributed by atoms with E-state index in [2.05, 4.69) is 12.2 Å². The molecule has 3 aromatic carbocycles. The smallest absolute Gasteiger partial charge is 0.416 e. The molecule has 0 saturated heterocycles. The second-order valence-corrected chi connectivity index (χ2v) is 9.92. The third-order valence-corrected chi connectivity index (χ3v) is 7.16. The number of anilines is 1. The molecule has 212 valence electrons. The highest BCUT2D eigenvalue weighted by Gasteiger charge is 2.42. The van der Waals surface area contributed by atoms with Crippen molar-refractivity contribution in [2.45, 2.75) is 58.3 Å². The van der Waals surface area contributed by atoms with Crippen molar-refractivity contribution >= 4 is 17.5 Å². The van der Waals surface area contributed by atoms with Crippen molar-refractivity contribution in [1.29, 1.82) is 0 Å². The molecule has 0 radical (unpaired) electrons. The summed E-state index contributed by atoms with van der Waals surface area (Å²) >= 11 is 0. The normalized spacial score (nSPS) is 15.9. The van der Waals surface area contributed by atoms with Crippen LogP contribution < -0.4 is 15.1 Å². The topological polar surface area (TPSA) is 61.9 Å². The zero-order valence-electron chi connectivity index (χ0n) is 22.9. The van der Waals surface area contributed by atoms with Gasteiger partial charge in [-0.15, -0.1) is 0 Å². The van der Waals surface area contributed by atoms with Crippen molar-refractivity contribution in [2.75, 3.05) is 12.1 Å². The molecule has 0 saturated carbocycles. The molecule has 0 bridgehead atoms. The first-order valence-electron chi connectivity index (χ1n) is 13.5. The third kappa shape index (κ3) is 6.47. The van der Waals surface area contributed by atoms with Gasteiger partial charge < -0.3 is 10.1 Å². The number of hydrogen-bond donors (Lipinski definition) is 1. The van der Waals surface area contributed by atoms with Gasteiger partial charge in [0.25, 0.3) is 0 Å². The Morgan fingerprint density at radius 2 is 1.57 bits per heavy atom. The van der Waals surface area contributed by atoms with E-state index in [1.165, 1.54) is 12.1 Å². The summed E-state index contributed by atoms with van der Waals surface area (Å²) in [5.41, 5.74) is 1.59. The molecular weight excluding hydrogens is 519 g/mol. The Morgan fingerprint density at radius 3 is 2.17 bits per heavy atom. The summed E-state index contributed by atoms with van der Waals surface area (Å²) in [4.78, 5) is 26.9. The zero-order valence-corrected chi connectivity index (χ0v) is 22.9. The van der Waals surface area contributed by atoms with Gasteiger partial charge in [0.1, 0.15) is 17.5 Å². The van der Waals surface area contributed by atoms with E-state index < -0.39 is 17.8 Å². The van der Waals surface area contributed by atoms with Crippen LogP contribution in [0.3, 0.4) is 0 Å². The summed E-state index contributed by atoms with van der Waals surface area (Å²) < 4.78 is 43.9. The Balaban J connectivity index is 1.40. The van der Waals surface area contributed by atoms with Gasteiger partial charge in [-0.3, -0.25) is 9.59 Å². The number of para-hydroxylation sites is 1. The van der Waals surface area contributed by atoms with Crippen LogP contribution in [0, 0.1) is 5.92 Å². The highest BCUT2D eigenvalue weighted by molar-refractivity contribution is 5.99. The maximum Gasteiger partial charge on any atom is 0.416 e. The first kappa shape index (κ1) is 29.1. The van der Waals surface area contributed by atoms with Crippen LogP contribution >= 0.6 is 0 Å². The fraction of sp³-hybridized carbons (Fsp3) is 0.355. The molecule has 2 unspecified atom stereocenters. The fourth-order valence-corrected chi connectivity index (χ4v) is 4.92. The molecule has 2 atom stereocenters. The molecule has 1 N–H and O–H groups in total. The number of fused-ring (bicyclic) bond motifs is 1. The second-order valence-electron chi connectivity index (χ2n) is 9.92. The van der Waals surface area contributed by atoms with Crippen molar-refractivity contribution < 1.29 is 27.5 Å². The number of ether oxygens (including phenoxy) is 1. The number of rotatable bonds is 10. The van der Waals surface area contributed by atoms with Gasteiger partial charge in [0.15, 0.2) is 0 Å². The van der Waals surface area contributed by atoms with Gasteiger partial charge in [0.2, 0.25) is 11.8 Å². The van der Waals surface area contributed by atoms with Crippen LogP contribution in [0.1, 0.15) is 62.3 Å². The average Bonchev–Trinajstić information content (AvgIpc) is 3.24. The number of benzene rings is 3. The Morgan fingerprint density at radius 1 is 0.950 bits per heavy atom. The molecule has 6 nitrogen and oxygen atoms in total. The number of carbonyl (C=O) groups is 2. The summed E-state index contributed by atoms with van der Waals surface area (Å²) in [6.45, 7) is 4.38. The molecule has 1 aliphatic heterocycles. The molecule has 1 heterocycles. The minimum absolute atomic E-state index is 0.00448. The van der Waals surface area contributed by atoms with Crippen molar-refractivity contribution in [2.24, 2.45) is 5.92 Å². The summed E-state index contributed by atoms with van der Waals surface area (Å²) in [6.07, 6.45) is -0.861. The lowest BCUT2D eigenvalue weighted by Crippen LogP contribution is -2.47. The maximum atomic E-state index is 13.5. The van der Waals surface area contributed by atoms with Gasteiger partial charge in [-0.2, -0.15) is 18.2 Å². The Bertz CT molecular complexity index is 1310. The summed E-state index contributed by atoms with van der Waals surface area (Å²) in [5, 5.41) is 6.34. The van der Waals surface area contributed by atoms with Crippen molar-refractivity contribution in [3.05, 3.63) is 89.5 Å². The molecule has 0 aliphatic carbocycles. The Kier molecular flexibility index (Phi) is 9.14. The van der Waals surface area contributed by atoms with Crippen LogP contribution in [0.5, 0.6) is 11.5 Å². The number of hydrazine groups is 1. The van der Waals surface area contributed by atoms with E-state index in [0.717, 1.165) is 54.6 Å². The van der Waals surface area contributed by atoms with Crippen LogP contribution in [-0.2, 0) is 22.3 Å². The molecule has 40 heavy (non-hydrogen) atoms. The number of carbonyl (C=O) groups excluding carboxylic acids is 2. The molecule has 0 fully saturated rings. The van der Waals surface area contributed by atoms with Crippen molar-refractivity contribution in [3.8, 4) is 11.5 Å². The lowest BCUT2D eigenvalue weighted by molar-refractivity contribution is -0.137. The van der Waals surface area contributed by atoms with Gasteiger partial charge in [0, 0.05) is 25.1 Å². The van der Waals surface area contributed by atoms with E-state index in [1.54, 1.807) is 41.3 Å². The summed E-state index contributed by atoms with van der Waals surface area (Å²) in [7, 11) is 1.77. The van der Waals surface area contributed by atoms with Gasteiger partial charge in [-0.1, -0.05) is 57.0 Å². The summed E-state index contributed by atoms with van der Waals surface area (Å²) in [6, 6.07) is 18.3. The quantitative estimate of drug-likeness (QED) is 0.287. The summed E-state index contributed by atoms with van der Waals surface area (Å²) in [5.74, 6) is 0.417. The lowest BCUT2D eigenvalue weighted by Gasteiger charge is -2.31. The predicted molar refractivity (Wildman–Crippen MR) is 148 cm³/mol. The number of unbranched alkanes of at least 4 members (excludes halogenated alkanes) is 1. The van der Waals surface area contributed by atoms with Crippen LogP contribution in [-0.4, -0.2) is 23.9 Å². The SMILES string of the molecule is CCCCC(CC)C(=O)N1c2ccccc2C(C(=O)NCc2ccc(Oc3ccc(C(F)(F)F)cc3)cc2)N1C. The van der Waals surface area contributed by atoms with E-state index in [1.807, 2.05) is 31.2 Å². The number of amides is 2. The molecule has 3 aromatic rings. The second kappa shape index (κ2) is 12.6. The highest BCUT2D eigenvalue weighted by Crippen LogP contribution is 2.40. The van der Waals surface area contributed by atoms with E-state index in [-0.39, 0.29) is 30.0 Å². The van der Waals surface area contributed by atoms with Crippen molar-refractivity contribution in [3.63, 3.8) is 0 Å². The zero-order chi connectivity index (χ0) is 28.9. The molecule has 9 heteroatoms. The van der Waals surface area contributed by atoms with Crippen LogP contribution in [0.25, 0.3) is 0 Å². The van der Waals surface area contributed by atoms with Gasteiger partial charge in [-0.05, 0) is 60.9 Å². The monoisotopic (exact) mass is 553 g/mol. The minimum atomic E-state index is -4.40. The van der Waals surface area contributed by atoms with E-state index in [0.29, 0.717) is 5.75 Å². The molecular formula is C31H34F3N3O3. The van der Waals surface area contributed by atoms with E-state index >= 15 is 0 Å². The number of likely N-dealkylation sites (N-methyl/N-ethyl adjacent to an activating group) is 1. The maximum absolute atomic E-state index is 13.5. The lowest BCUT2D eigenvalue weighted by atomic mass is 9.98. The van der Waals surface area contributed by atoms with E-state index in [9.17, 15) is 22.8 Å². The Labute approximate surface area is 232 Å². The molecule has 0 spiro atoms. The van der Waals surface area contributed by atoms with E-state index in [4.69, 9.17) is 4.74 Å². The standard InChI is InChI=1S/C31H34F3N3O3/c1-4-6-9-22(5-2)30(39)37-27-11-8-7-10-26(27)28(36(37)3)29(38)35-20-21-12-16-24(17-13-21)40-25-18-14-23(15-19-25)31(32,33)34/h7-8,10-19,22,28H,4-6,9,20H2,1-3H3,(H,35,38). The number of nitrogens with one attached hydrogen (secondary N) is 1. The third-order valence-electron chi connectivity index (χ3n) is 7.16. The van der Waals surface area contributed by atoms with Crippen molar-refractivity contribution in [1.82, 2.24) is 10.3 Å². The predicted octanol–water partition coefficient (Wildman–Crippen LogP) is 7.27. The number of hydrogen-bond acceptors (Lipinski definition) is 4.